The summed E-state index contributed by atoms with van der Waals surface area (Å²) in [5, 5.41) is 5.32. The van der Waals surface area contributed by atoms with Gasteiger partial charge in [0.2, 0.25) is 11.7 Å². The van der Waals surface area contributed by atoms with Gasteiger partial charge in [0.05, 0.1) is 5.41 Å². The second kappa shape index (κ2) is 4.93. The molecule has 0 spiro atoms. The lowest BCUT2D eigenvalue weighted by Gasteiger charge is -2.15. The van der Waals surface area contributed by atoms with Crippen molar-refractivity contribution < 1.29 is 8.91 Å². The number of nitrogens with two attached hydrogens (primary N) is 1. The highest BCUT2D eigenvalue weighted by Crippen LogP contribution is 2.30. The molecule has 1 heterocycles. The van der Waals surface area contributed by atoms with E-state index in [1.54, 1.807) is 18.2 Å². The van der Waals surface area contributed by atoms with Crippen LogP contribution < -0.4 is 5.73 Å². The number of benzene rings is 2. The molecule has 0 bridgehead atoms. The summed E-state index contributed by atoms with van der Waals surface area (Å²) in [5.41, 5.74) is 6.08. The van der Waals surface area contributed by atoms with Crippen LogP contribution in [0.2, 0.25) is 0 Å². The molecule has 0 amide bonds. The van der Waals surface area contributed by atoms with E-state index >= 15 is 0 Å². The monoisotopic (exact) mass is 285 g/mol. The zero-order valence-corrected chi connectivity index (χ0v) is 11.9. The molecule has 1 aromatic heterocycles. The molecule has 0 saturated heterocycles. The van der Waals surface area contributed by atoms with E-state index in [9.17, 15) is 4.39 Å². The van der Waals surface area contributed by atoms with E-state index in [2.05, 4.69) is 10.1 Å². The van der Waals surface area contributed by atoms with Crippen molar-refractivity contribution in [3.8, 4) is 11.4 Å². The first-order valence-electron chi connectivity index (χ1n) is 6.75. The molecular formula is C16H16FN3O. The summed E-state index contributed by atoms with van der Waals surface area (Å²) in [6, 6.07) is 10.3. The predicted molar refractivity (Wildman–Crippen MR) is 79.3 cm³/mol. The second-order valence-electron chi connectivity index (χ2n) is 5.65. The van der Waals surface area contributed by atoms with Crippen LogP contribution in [-0.4, -0.2) is 16.7 Å². The maximum atomic E-state index is 13.9. The van der Waals surface area contributed by atoms with Crippen LogP contribution in [-0.2, 0) is 5.41 Å². The fourth-order valence-corrected chi connectivity index (χ4v) is 2.15. The van der Waals surface area contributed by atoms with Crippen LogP contribution in [0.5, 0.6) is 0 Å². The minimum Gasteiger partial charge on any atom is -0.338 e. The van der Waals surface area contributed by atoms with E-state index in [0.717, 1.165) is 10.9 Å². The normalized spacial score (nSPS) is 12.0. The van der Waals surface area contributed by atoms with Gasteiger partial charge in [-0.1, -0.05) is 29.4 Å². The average molecular weight is 285 g/mol. The highest BCUT2D eigenvalue weighted by molar-refractivity contribution is 5.95. The summed E-state index contributed by atoms with van der Waals surface area (Å²) in [4.78, 5) is 4.42. The molecule has 3 rings (SSSR count). The predicted octanol–water partition coefficient (Wildman–Crippen LogP) is 3.27. The van der Waals surface area contributed by atoms with Gasteiger partial charge in [0.25, 0.3) is 0 Å². The van der Waals surface area contributed by atoms with Gasteiger partial charge in [0.1, 0.15) is 5.82 Å². The molecule has 4 nitrogen and oxygen atoms in total. The first-order chi connectivity index (χ1) is 10.0. The highest BCUT2D eigenvalue weighted by atomic mass is 19.1. The Morgan fingerprint density at radius 2 is 1.86 bits per heavy atom. The van der Waals surface area contributed by atoms with Crippen molar-refractivity contribution in [1.29, 1.82) is 0 Å². The van der Waals surface area contributed by atoms with Crippen LogP contribution in [0.1, 0.15) is 19.7 Å². The van der Waals surface area contributed by atoms with Gasteiger partial charge in [0.15, 0.2) is 0 Å². The fourth-order valence-electron chi connectivity index (χ4n) is 2.15. The van der Waals surface area contributed by atoms with Crippen LogP contribution in [0.3, 0.4) is 0 Å². The van der Waals surface area contributed by atoms with E-state index in [4.69, 9.17) is 10.3 Å². The quantitative estimate of drug-likeness (QED) is 0.802. The fraction of sp³-hybridized carbons (Fsp3) is 0.250. The lowest BCUT2D eigenvalue weighted by atomic mass is 9.94. The molecule has 0 atom stereocenters. The minimum atomic E-state index is -0.388. The first kappa shape index (κ1) is 13.7. The standard InChI is InChI=1S/C16H16FN3O/c1-16(2,9-18)15-19-14(20-21-15)12-7-8-13(17)11-6-4-3-5-10(11)12/h3-8H,9,18H2,1-2H3. The van der Waals surface area contributed by atoms with Crippen LogP contribution in [0.4, 0.5) is 4.39 Å². The molecule has 0 radical (unpaired) electrons. The number of aromatic nitrogens is 2. The molecule has 0 aliphatic carbocycles. The van der Waals surface area contributed by atoms with Crippen molar-refractivity contribution in [3.05, 3.63) is 48.1 Å². The summed E-state index contributed by atoms with van der Waals surface area (Å²) >= 11 is 0. The number of hydrogen-bond acceptors (Lipinski definition) is 4. The zero-order valence-electron chi connectivity index (χ0n) is 11.9. The van der Waals surface area contributed by atoms with Crippen molar-refractivity contribution >= 4 is 10.8 Å². The van der Waals surface area contributed by atoms with Crippen molar-refractivity contribution in [2.45, 2.75) is 19.3 Å². The molecule has 0 aliphatic heterocycles. The molecule has 108 valence electrons. The van der Waals surface area contributed by atoms with Crippen molar-refractivity contribution in [1.82, 2.24) is 10.1 Å². The Balaban J connectivity index is 2.16. The lowest BCUT2D eigenvalue weighted by molar-refractivity contribution is 0.311. The molecular weight excluding hydrogens is 269 g/mol. The van der Waals surface area contributed by atoms with Gasteiger partial charge < -0.3 is 10.3 Å². The molecule has 5 heteroatoms. The summed E-state index contributed by atoms with van der Waals surface area (Å²) in [7, 11) is 0. The summed E-state index contributed by atoms with van der Waals surface area (Å²) in [6.07, 6.45) is 0. The number of hydrogen-bond donors (Lipinski definition) is 1. The Labute approximate surface area is 121 Å². The Kier molecular flexibility index (Phi) is 3.22. The Hall–Kier alpha value is -2.27. The highest BCUT2D eigenvalue weighted by Gasteiger charge is 2.26. The summed E-state index contributed by atoms with van der Waals surface area (Å²) < 4.78 is 19.2. The number of nitrogens with zero attached hydrogens (tertiary/aromatic N) is 2. The number of halogens is 1. The molecule has 2 N–H and O–H groups in total. The number of rotatable bonds is 3. The van der Waals surface area contributed by atoms with E-state index in [0.29, 0.717) is 23.6 Å². The Morgan fingerprint density at radius 3 is 2.57 bits per heavy atom. The summed E-state index contributed by atoms with van der Waals surface area (Å²) in [5.74, 6) is 0.663. The SMILES string of the molecule is CC(C)(CN)c1nc(-c2ccc(F)c3ccccc23)no1. The van der Waals surface area contributed by atoms with E-state index in [-0.39, 0.29) is 11.2 Å². The van der Waals surface area contributed by atoms with Gasteiger partial charge >= 0.3 is 0 Å². The van der Waals surface area contributed by atoms with Crippen molar-refractivity contribution in [3.63, 3.8) is 0 Å². The van der Waals surface area contributed by atoms with Crippen LogP contribution >= 0.6 is 0 Å². The second-order valence-corrected chi connectivity index (χ2v) is 5.65. The molecule has 0 saturated carbocycles. The molecule has 21 heavy (non-hydrogen) atoms. The van der Waals surface area contributed by atoms with Gasteiger partial charge in [-0.3, -0.25) is 0 Å². The largest absolute Gasteiger partial charge is 0.338 e. The maximum Gasteiger partial charge on any atom is 0.233 e. The molecule has 2 aromatic carbocycles. The Bertz CT molecular complexity index is 795. The lowest BCUT2D eigenvalue weighted by Crippen LogP contribution is -2.28. The zero-order chi connectivity index (χ0) is 15.0. The Morgan fingerprint density at radius 1 is 1.14 bits per heavy atom. The topological polar surface area (TPSA) is 64.9 Å². The van der Waals surface area contributed by atoms with Crippen LogP contribution in [0, 0.1) is 5.82 Å². The van der Waals surface area contributed by atoms with E-state index < -0.39 is 0 Å². The third-order valence-corrected chi connectivity index (χ3v) is 3.63. The van der Waals surface area contributed by atoms with Gasteiger partial charge in [0, 0.05) is 17.5 Å². The summed E-state index contributed by atoms with van der Waals surface area (Å²) in [6.45, 7) is 4.28. The van der Waals surface area contributed by atoms with E-state index in [1.807, 2.05) is 26.0 Å². The first-order valence-corrected chi connectivity index (χ1v) is 6.75. The third kappa shape index (κ3) is 2.29. The van der Waals surface area contributed by atoms with Crippen molar-refractivity contribution in [2.75, 3.05) is 6.54 Å². The number of fused-ring (bicyclic) bond motifs is 1. The maximum absolute atomic E-state index is 13.9. The van der Waals surface area contributed by atoms with Crippen LogP contribution in [0.25, 0.3) is 22.2 Å². The minimum absolute atomic E-state index is 0.264. The van der Waals surface area contributed by atoms with Crippen molar-refractivity contribution in [2.24, 2.45) is 5.73 Å². The molecule has 0 aliphatic rings. The van der Waals surface area contributed by atoms with Gasteiger partial charge in [-0.25, -0.2) is 4.39 Å². The van der Waals surface area contributed by atoms with E-state index in [1.165, 1.54) is 6.07 Å². The molecule has 0 fully saturated rings. The smallest absolute Gasteiger partial charge is 0.233 e. The van der Waals surface area contributed by atoms with Gasteiger partial charge in [-0.15, -0.1) is 0 Å². The van der Waals surface area contributed by atoms with Gasteiger partial charge in [-0.05, 0) is 31.4 Å². The third-order valence-electron chi connectivity index (χ3n) is 3.63. The molecule has 3 aromatic rings. The van der Waals surface area contributed by atoms with Crippen LogP contribution in [0.15, 0.2) is 40.9 Å². The molecule has 0 unspecified atom stereocenters. The van der Waals surface area contributed by atoms with Gasteiger partial charge in [-0.2, -0.15) is 4.98 Å². The average Bonchev–Trinajstić information content (AvgIpc) is 2.98.